The molecule has 0 aromatic heterocycles. The van der Waals surface area contributed by atoms with Gasteiger partial charge in [0.15, 0.2) is 0 Å². The van der Waals surface area contributed by atoms with Crippen LogP contribution in [0.5, 0.6) is 0 Å². The van der Waals surface area contributed by atoms with Gasteiger partial charge in [0.25, 0.3) is 0 Å². The third-order valence-electron chi connectivity index (χ3n) is 2.70. The van der Waals surface area contributed by atoms with E-state index in [4.69, 9.17) is 16.7 Å². The van der Waals surface area contributed by atoms with Gasteiger partial charge < -0.3 is 5.11 Å². The Morgan fingerprint density at radius 3 is 2.47 bits per heavy atom. The van der Waals surface area contributed by atoms with Crippen molar-refractivity contribution in [2.75, 3.05) is 0 Å². The lowest BCUT2D eigenvalue weighted by atomic mass is 9.88. The van der Waals surface area contributed by atoms with E-state index >= 15 is 0 Å². The number of halogens is 1. The van der Waals surface area contributed by atoms with E-state index in [0.29, 0.717) is 11.4 Å². The molecule has 0 aliphatic rings. The van der Waals surface area contributed by atoms with Crippen molar-refractivity contribution in [3.8, 4) is 0 Å². The Balaban J connectivity index is 2.46. The van der Waals surface area contributed by atoms with Gasteiger partial charge >= 0.3 is 5.97 Å². The maximum atomic E-state index is 10.9. The van der Waals surface area contributed by atoms with E-state index in [-0.39, 0.29) is 0 Å². The third-order valence-corrected chi connectivity index (χ3v) is 2.95. The second-order valence-electron chi connectivity index (χ2n) is 4.68. The molecule has 0 radical (unpaired) electrons. The quantitative estimate of drug-likeness (QED) is 0.851. The number of allylic oxidation sites excluding steroid dienone is 1. The Hall–Kier alpha value is -1.28. The molecule has 3 heteroatoms. The van der Waals surface area contributed by atoms with E-state index in [9.17, 15) is 4.79 Å². The summed E-state index contributed by atoms with van der Waals surface area (Å²) in [6, 6.07) is 7.53. The van der Waals surface area contributed by atoms with Crippen LogP contribution in [-0.4, -0.2) is 11.1 Å². The van der Waals surface area contributed by atoms with Crippen LogP contribution < -0.4 is 0 Å². The fourth-order valence-corrected chi connectivity index (χ4v) is 1.47. The summed E-state index contributed by atoms with van der Waals surface area (Å²) in [6.45, 7) is 3.48. The molecule has 1 N–H and O–H groups in total. The van der Waals surface area contributed by atoms with Gasteiger partial charge in [-0.3, -0.25) is 4.79 Å². The van der Waals surface area contributed by atoms with Gasteiger partial charge in [0.1, 0.15) is 0 Å². The highest BCUT2D eigenvalue weighted by Gasteiger charge is 2.25. The molecule has 0 unspecified atom stereocenters. The minimum atomic E-state index is -0.752. The summed E-state index contributed by atoms with van der Waals surface area (Å²) in [6.07, 6.45) is 5.36. The maximum absolute atomic E-state index is 10.9. The lowest BCUT2D eigenvalue weighted by Crippen LogP contribution is -2.22. The first-order chi connectivity index (χ1) is 7.92. The smallest absolute Gasteiger partial charge is 0.309 e. The molecule has 0 saturated heterocycles. The van der Waals surface area contributed by atoms with Crippen LogP contribution in [0.4, 0.5) is 0 Å². The summed E-state index contributed by atoms with van der Waals surface area (Å²) in [5.74, 6) is -0.752. The van der Waals surface area contributed by atoms with Gasteiger partial charge in [-0.15, -0.1) is 0 Å². The van der Waals surface area contributed by atoms with Gasteiger partial charge in [0, 0.05) is 5.02 Å². The lowest BCUT2D eigenvalue weighted by Gasteiger charge is -2.17. The van der Waals surface area contributed by atoms with Crippen molar-refractivity contribution in [3.63, 3.8) is 0 Å². The molecule has 1 aromatic carbocycles. The summed E-state index contributed by atoms with van der Waals surface area (Å²) >= 11 is 5.78. The normalized spacial score (nSPS) is 11.9. The van der Waals surface area contributed by atoms with Crippen LogP contribution in [0.3, 0.4) is 0 Å². The molecule has 0 aliphatic carbocycles. The molecule has 0 bridgehead atoms. The van der Waals surface area contributed by atoms with Crippen LogP contribution in [-0.2, 0) is 4.79 Å². The predicted molar refractivity (Wildman–Crippen MR) is 71.1 cm³/mol. The third kappa shape index (κ3) is 4.61. The van der Waals surface area contributed by atoms with E-state index in [0.717, 1.165) is 12.0 Å². The largest absolute Gasteiger partial charge is 0.481 e. The van der Waals surface area contributed by atoms with E-state index in [1.54, 1.807) is 13.8 Å². The maximum Gasteiger partial charge on any atom is 0.309 e. The molecule has 0 spiro atoms. The zero-order valence-corrected chi connectivity index (χ0v) is 10.9. The first-order valence-corrected chi connectivity index (χ1v) is 5.95. The number of carbonyl (C=O) groups is 1. The van der Waals surface area contributed by atoms with Crippen molar-refractivity contribution < 1.29 is 9.90 Å². The van der Waals surface area contributed by atoms with E-state index < -0.39 is 11.4 Å². The molecule has 0 heterocycles. The van der Waals surface area contributed by atoms with Crippen molar-refractivity contribution in [2.24, 2.45) is 5.41 Å². The molecule has 0 fully saturated rings. The van der Waals surface area contributed by atoms with Crippen LogP contribution in [0.15, 0.2) is 30.3 Å². The highest BCUT2D eigenvalue weighted by Crippen LogP contribution is 2.22. The van der Waals surface area contributed by atoms with E-state index in [1.807, 2.05) is 36.4 Å². The van der Waals surface area contributed by atoms with Gasteiger partial charge in [-0.1, -0.05) is 35.9 Å². The molecule has 0 atom stereocenters. The van der Waals surface area contributed by atoms with Gasteiger partial charge in [-0.2, -0.15) is 0 Å². The van der Waals surface area contributed by atoms with Gasteiger partial charge in [0.2, 0.25) is 0 Å². The number of aliphatic carboxylic acids is 1. The summed E-state index contributed by atoms with van der Waals surface area (Å²) in [7, 11) is 0. The van der Waals surface area contributed by atoms with Crippen molar-refractivity contribution in [1.82, 2.24) is 0 Å². The minimum Gasteiger partial charge on any atom is -0.481 e. The van der Waals surface area contributed by atoms with Crippen LogP contribution in [0, 0.1) is 5.41 Å². The molecule has 0 amide bonds. The van der Waals surface area contributed by atoms with E-state index in [1.165, 1.54) is 0 Å². The average molecular weight is 253 g/mol. The molecule has 2 nitrogen and oxygen atoms in total. The van der Waals surface area contributed by atoms with Crippen molar-refractivity contribution in [2.45, 2.75) is 26.7 Å². The molecule has 0 aliphatic heterocycles. The Morgan fingerprint density at radius 1 is 1.35 bits per heavy atom. The monoisotopic (exact) mass is 252 g/mol. The Kier molecular flexibility index (Phi) is 4.76. The first-order valence-electron chi connectivity index (χ1n) is 5.57. The summed E-state index contributed by atoms with van der Waals surface area (Å²) in [4.78, 5) is 10.9. The zero-order valence-electron chi connectivity index (χ0n) is 10.1. The molecule has 1 aromatic rings. The average Bonchev–Trinajstić information content (AvgIpc) is 2.26. The number of hydrogen-bond donors (Lipinski definition) is 1. The first kappa shape index (κ1) is 13.8. The molecular formula is C14H17ClO2. The van der Waals surface area contributed by atoms with E-state index in [2.05, 4.69) is 0 Å². The topological polar surface area (TPSA) is 37.3 Å². The van der Waals surface area contributed by atoms with Gasteiger partial charge in [-0.05, 0) is 44.4 Å². The molecule has 17 heavy (non-hydrogen) atoms. The highest BCUT2D eigenvalue weighted by molar-refractivity contribution is 6.30. The van der Waals surface area contributed by atoms with Gasteiger partial charge in [0.05, 0.1) is 5.41 Å². The second-order valence-corrected chi connectivity index (χ2v) is 5.12. The SMILES string of the molecule is CC(C)(CC/C=C/c1ccc(Cl)cc1)C(=O)O. The fourth-order valence-electron chi connectivity index (χ4n) is 1.34. The number of benzene rings is 1. The Morgan fingerprint density at radius 2 is 1.94 bits per heavy atom. The van der Waals surface area contributed by atoms with Crippen molar-refractivity contribution in [1.29, 1.82) is 0 Å². The molecule has 1 rings (SSSR count). The summed E-state index contributed by atoms with van der Waals surface area (Å²) in [5.41, 5.74) is 0.409. The van der Waals surface area contributed by atoms with Crippen LogP contribution in [0.2, 0.25) is 5.02 Å². The van der Waals surface area contributed by atoms with Crippen molar-refractivity contribution >= 4 is 23.6 Å². The fraction of sp³-hybridized carbons (Fsp3) is 0.357. The van der Waals surface area contributed by atoms with Gasteiger partial charge in [-0.25, -0.2) is 0 Å². The summed E-state index contributed by atoms with van der Waals surface area (Å²) in [5, 5.41) is 9.67. The molecule has 0 saturated carbocycles. The van der Waals surface area contributed by atoms with Crippen LogP contribution >= 0.6 is 11.6 Å². The lowest BCUT2D eigenvalue weighted by molar-refractivity contribution is -0.147. The highest BCUT2D eigenvalue weighted by atomic mass is 35.5. The number of rotatable bonds is 5. The Bertz CT molecular complexity index is 405. The van der Waals surface area contributed by atoms with Crippen LogP contribution in [0.1, 0.15) is 32.3 Å². The van der Waals surface area contributed by atoms with Crippen molar-refractivity contribution in [3.05, 3.63) is 40.9 Å². The number of hydrogen-bond acceptors (Lipinski definition) is 1. The summed E-state index contributed by atoms with van der Waals surface area (Å²) < 4.78 is 0. The number of carboxylic acid groups (broad SMARTS) is 1. The predicted octanol–water partition coefficient (Wildman–Crippen LogP) is 4.24. The zero-order chi connectivity index (χ0) is 12.9. The minimum absolute atomic E-state index is 0.631. The van der Waals surface area contributed by atoms with Crippen LogP contribution in [0.25, 0.3) is 6.08 Å². The second kappa shape index (κ2) is 5.87. The standard InChI is InChI=1S/C14H17ClO2/c1-14(2,13(16)17)10-4-3-5-11-6-8-12(15)9-7-11/h3,5-9H,4,10H2,1-2H3,(H,16,17)/b5-3+. The Labute approximate surface area is 107 Å². The number of carboxylic acids is 1. The molecule has 92 valence electrons. The molecular weight excluding hydrogens is 236 g/mol.